The van der Waals surface area contributed by atoms with E-state index in [2.05, 4.69) is 0 Å². The molecule has 2 rings (SSSR count). The Labute approximate surface area is 146 Å². The van der Waals surface area contributed by atoms with Crippen molar-refractivity contribution in [3.05, 3.63) is 59.1 Å². The van der Waals surface area contributed by atoms with Crippen molar-refractivity contribution in [1.29, 1.82) is 0 Å². The fourth-order valence-electron chi connectivity index (χ4n) is 2.57. The highest BCUT2D eigenvalue weighted by Crippen LogP contribution is 2.29. The maximum Gasteiger partial charge on any atom is 0.323 e. The number of benzene rings is 2. The number of carbonyl (C=O) groups is 2. The molecule has 0 aliphatic rings. The average Bonchev–Trinajstić information content (AvgIpc) is 2.59. The third kappa shape index (κ3) is 4.15. The van der Waals surface area contributed by atoms with E-state index in [1.807, 2.05) is 48.5 Å². The first-order chi connectivity index (χ1) is 11.4. The lowest BCUT2D eigenvalue weighted by molar-refractivity contribution is -0.144. The fraction of sp³-hybridized carbons (Fsp3) is 0.263. The third-order valence-corrected chi connectivity index (χ3v) is 4.32. The summed E-state index contributed by atoms with van der Waals surface area (Å²) in [5, 5.41) is 9.57. The zero-order chi connectivity index (χ0) is 17.7. The summed E-state index contributed by atoms with van der Waals surface area (Å²) in [7, 11) is 0. The average molecular weight is 346 g/mol. The quantitative estimate of drug-likeness (QED) is 0.859. The van der Waals surface area contributed by atoms with Gasteiger partial charge in [0.05, 0.1) is 5.92 Å². The monoisotopic (exact) mass is 345 g/mol. The second-order valence-electron chi connectivity index (χ2n) is 5.57. The van der Waals surface area contributed by atoms with E-state index >= 15 is 0 Å². The Morgan fingerprint density at radius 1 is 1.12 bits per heavy atom. The molecule has 0 saturated carbocycles. The summed E-state index contributed by atoms with van der Waals surface area (Å²) in [6.07, 6.45) is 0. The molecular formula is C19H20ClNO3. The number of carbonyl (C=O) groups excluding carboxylic acids is 1. The minimum absolute atomic E-state index is 0.189. The molecule has 0 spiro atoms. The number of rotatable bonds is 6. The van der Waals surface area contributed by atoms with Gasteiger partial charge in [0, 0.05) is 17.1 Å². The molecule has 5 heteroatoms. The van der Waals surface area contributed by atoms with Gasteiger partial charge in [0.2, 0.25) is 5.91 Å². The molecule has 1 atom stereocenters. The maximum absolute atomic E-state index is 12.5. The van der Waals surface area contributed by atoms with E-state index in [0.717, 1.165) is 16.7 Å². The molecule has 0 saturated heterocycles. The number of hydrogen-bond donors (Lipinski definition) is 1. The molecular weight excluding hydrogens is 326 g/mol. The Hall–Kier alpha value is -2.33. The SMILES string of the molecule is CCN(CC(=O)O)C(=O)C(C)c1ccc(-c2ccccc2Cl)cc1. The smallest absolute Gasteiger partial charge is 0.323 e. The summed E-state index contributed by atoms with van der Waals surface area (Å²) in [5.74, 6) is -1.60. The van der Waals surface area contributed by atoms with Crippen LogP contribution in [-0.4, -0.2) is 35.0 Å². The summed E-state index contributed by atoms with van der Waals surface area (Å²) >= 11 is 6.20. The van der Waals surface area contributed by atoms with E-state index in [4.69, 9.17) is 16.7 Å². The molecule has 24 heavy (non-hydrogen) atoms. The molecule has 2 aromatic carbocycles. The van der Waals surface area contributed by atoms with Gasteiger partial charge in [-0.3, -0.25) is 9.59 Å². The van der Waals surface area contributed by atoms with Gasteiger partial charge in [0.25, 0.3) is 0 Å². The van der Waals surface area contributed by atoms with Gasteiger partial charge >= 0.3 is 5.97 Å². The molecule has 0 aliphatic carbocycles. The first kappa shape index (κ1) is 18.0. The molecule has 0 bridgehead atoms. The van der Waals surface area contributed by atoms with E-state index in [1.165, 1.54) is 4.90 Å². The lowest BCUT2D eigenvalue weighted by Gasteiger charge is -2.23. The number of carboxylic acid groups (broad SMARTS) is 1. The Morgan fingerprint density at radius 3 is 2.29 bits per heavy atom. The number of hydrogen-bond acceptors (Lipinski definition) is 2. The van der Waals surface area contributed by atoms with Crippen LogP contribution < -0.4 is 0 Å². The number of carboxylic acids is 1. The molecule has 1 N–H and O–H groups in total. The van der Waals surface area contributed by atoms with Crippen molar-refractivity contribution in [2.75, 3.05) is 13.1 Å². The van der Waals surface area contributed by atoms with Crippen LogP contribution in [0.25, 0.3) is 11.1 Å². The van der Waals surface area contributed by atoms with E-state index in [0.29, 0.717) is 11.6 Å². The Morgan fingerprint density at radius 2 is 1.75 bits per heavy atom. The summed E-state index contributed by atoms with van der Waals surface area (Å²) in [5.41, 5.74) is 2.76. The van der Waals surface area contributed by atoms with Crippen LogP contribution in [0.15, 0.2) is 48.5 Å². The molecule has 126 valence electrons. The molecule has 0 aromatic heterocycles. The normalized spacial score (nSPS) is 11.8. The Bertz CT molecular complexity index is 728. The molecule has 0 radical (unpaired) electrons. The van der Waals surface area contributed by atoms with Crippen LogP contribution in [0.4, 0.5) is 0 Å². The predicted octanol–water partition coefficient (Wildman–Crippen LogP) is 4.04. The minimum atomic E-state index is -1.01. The minimum Gasteiger partial charge on any atom is -0.480 e. The van der Waals surface area contributed by atoms with Crippen molar-refractivity contribution in [2.24, 2.45) is 0 Å². The molecule has 1 unspecified atom stereocenters. The van der Waals surface area contributed by atoms with Crippen molar-refractivity contribution in [3.63, 3.8) is 0 Å². The second-order valence-corrected chi connectivity index (χ2v) is 5.98. The van der Waals surface area contributed by atoms with Crippen molar-refractivity contribution >= 4 is 23.5 Å². The van der Waals surface area contributed by atoms with E-state index < -0.39 is 11.9 Å². The topological polar surface area (TPSA) is 57.6 Å². The molecule has 0 aliphatic heterocycles. The standard InChI is InChI=1S/C19H20ClNO3/c1-3-21(12-18(22)23)19(24)13(2)14-8-10-15(11-9-14)16-6-4-5-7-17(16)20/h4-11,13H,3,12H2,1-2H3,(H,22,23). The zero-order valence-corrected chi connectivity index (χ0v) is 14.5. The lowest BCUT2D eigenvalue weighted by atomic mass is 9.96. The van der Waals surface area contributed by atoms with E-state index in [1.54, 1.807) is 13.8 Å². The summed E-state index contributed by atoms with van der Waals surface area (Å²) in [4.78, 5) is 24.7. The predicted molar refractivity (Wildman–Crippen MR) is 95.2 cm³/mol. The van der Waals surface area contributed by atoms with Crippen molar-refractivity contribution in [1.82, 2.24) is 4.90 Å². The Balaban J connectivity index is 2.19. The Kier molecular flexibility index (Phi) is 5.99. The fourth-order valence-corrected chi connectivity index (χ4v) is 2.82. The molecule has 0 heterocycles. The van der Waals surface area contributed by atoms with Gasteiger partial charge in [0.1, 0.15) is 6.54 Å². The van der Waals surface area contributed by atoms with Crippen molar-refractivity contribution < 1.29 is 14.7 Å². The number of halogens is 1. The second kappa shape index (κ2) is 7.97. The van der Waals surface area contributed by atoms with Crippen LogP contribution in [0.5, 0.6) is 0 Å². The number of aliphatic carboxylic acids is 1. The third-order valence-electron chi connectivity index (χ3n) is 3.99. The van der Waals surface area contributed by atoms with Crippen LogP contribution >= 0.6 is 11.6 Å². The van der Waals surface area contributed by atoms with E-state index in [-0.39, 0.29) is 12.5 Å². The van der Waals surface area contributed by atoms with Crippen molar-refractivity contribution in [3.8, 4) is 11.1 Å². The van der Waals surface area contributed by atoms with Gasteiger partial charge in [0.15, 0.2) is 0 Å². The van der Waals surface area contributed by atoms with Crippen LogP contribution in [0.2, 0.25) is 5.02 Å². The largest absolute Gasteiger partial charge is 0.480 e. The summed E-state index contributed by atoms with van der Waals surface area (Å²) < 4.78 is 0. The number of likely N-dealkylation sites (N-methyl/N-ethyl adjacent to an activating group) is 1. The van der Waals surface area contributed by atoms with Crippen LogP contribution in [0.1, 0.15) is 25.3 Å². The lowest BCUT2D eigenvalue weighted by Crippen LogP contribution is -2.38. The molecule has 2 aromatic rings. The number of amides is 1. The molecule has 0 fully saturated rings. The van der Waals surface area contributed by atoms with Crippen LogP contribution in [0, 0.1) is 0 Å². The highest BCUT2D eigenvalue weighted by Gasteiger charge is 2.22. The highest BCUT2D eigenvalue weighted by atomic mass is 35.5. The first-order valence-electron chi connectivity index (χ1n) is 7.79. The van der Waals surface area contributed by atoms with Crippen LogP contribution in [-0.2, 0) is 9.59 Å². The van der Waals surface area contributed by atoms with Gasteiger partial charge in [-0.1, -0.05) is 54.1 Å². The molecule has 1 amide bonds. The first-order valence-corrected chi connectivity index (χ1v) is 8.17. The van der Waals surface area contributed by atoms with E-state index in [9.17, 15) is 9.59 Å². The van der Waals surface area contributed by atoms with Gasteiger partial charge in [-0.15, -0.1) is 0 Å². The van der Waals surface area contributed by atoms with Gasteiger partial charge < -0.3 is 10.0 Å². The summed E-state index contributed by atoms with van der Waals surface area (Å²) in [6, 6.07) is 15.2. The van der Waals surface area contributed by atoms with Crippen LogP contribution in [0.3, 0.4) is 0 Å². The van der Waals surface area contributed by atoms with Gasteiger partial charge in [-0.2, -0.15) is 0 Å². The maximum atomic E-state index is 12.5. The number of nitrogens with zero attached hydrogens (tertiary/aromatic N) is 1. The van der Waals surface area contributed by atoms with Gasteiger partial charge in [-0.05, 0) is 31.0 Å². The van der Waals surface area contributed by atoms with Crippen molar-refractivity contribution in [2.45, 2.75) is 19.8 Å². The van der Waals surface area contributed by atoms with Gasteiger partial charge in [-0.25, -0.2) is 0 Å². The highest BCUT2D eigenvalue weighted by molar-refractivity contribution is 6.33. The zero-order valence-electron chi connectivity index (χ0n) is 13.7. The summed E-state index contributed by atoms with van der Waals surface area (Å²) in [6.45, 7) is 3.65. The molecule has 4 nitrogen and oxygen atoms in total.